The summed E-state index contributed by atoms with van der Waals surface area (Å²) in [6.45, 7) is 3.38. The highest BCUT2D eigenvalue weighted by atomic mass is 16.5. The summed E-state index contributed by atoms with van der Waals surface area (Å²) in [6.07, 6.45) is 2.05. The second kappa shape index (κ2) is 10.1. The van der Waals surface area contributed by atoms with Gasteiger partial charge >= 0.3 is 5.97 Å². The molecule has 2 aromatic rings. The van der Waals surface area contributed by atoms with Crippen molar-refractivity contribution in [3.05, 3.63) is 53.6 Å². The molecule has 0 spiro atoms. The Hall–Kier alpha value is -3.06. The zero-order valence-electron chi connectivity index (χ0n) is 17.7. The number of amides is 1. The van der Waals surface area contributed by atoms with Crippen molar-refractivity contribution in [1.82, 2.24) is 0 Å². The second-order valence-corrected chi connectivity index (χ2v) is 7.23. The zero-order valence-corrected chi connectivity index (χ0v) is 17.7. The Kier molecular flexibility index (Phi) is 7.30. The molecule has 30 heavy (non-hydrogen) atoms. The number of likely N-dealkylation sites (tertiary alicyclic amines) is 1. The highest BCUT2D eigenvalue weighted by Crippen LogP contribution is 2.31. The van der Waals surface area contributed by atoms with Crippen molar-refractivity contribution in [3.63, 3.8) is 0 Å². The van der Waals surface area contributed by atoms with E-state index < -0.39 is 0 Å². The minimum Gasteiger partial charge on any atom is -0.497 e. The fourth-order valence-corrected chi connectivity index (χ4v) is 3.92. The van der Waals surface area contributed by atoms with Gasteiger partial charge in [-0.2, -0.15) is 0 Å². The topological polar surface area (TPSA) is 78.3 Å². The fourth-order valence-electron chi connectivity index (χ4n) is 3.92. The number of esters is 1. The largest absolute Gasteiger partial charge is 0.497 e. The molecule has 2 N–H and O–H groups in total. The van der Waals surface area contributed by atoms with Gasteiger partial charge in [0.15, 0.2) is 6.54 Å². The maximum absolute atomic E-state index is 12.6. The van der Waals surface area contributed by atoms with Crippen molar-refractivity contribution in [2.45, 2.75) is 25.8 Å². The van der Waals surface area contributed by atoms with Crippen LogP contribution in [0.3, 0.4) is 0 Å². The molecular formula is C23H29N2O5+. The van der Waals surface area contributed by atoms with Crippen molar-refractivity contribution in [2.75, 3.05) is 39.2 Å². The quantitative estimate of drug-likeness (QED) is 0.649. The average Bonchev–Trinajstić information content (AvgIpc) is 3.21. The maximum atomic E-state index is 12.6. The molecule has 160 valence electrons. The van der Waals surface area contributed by atoms with E-state index in [4.69, 9.17) is 14.2 Å². The smallest absolute Gasteiger partial charge is 0.338 e. The molecule has 7 heteroatoms. The Labute approximate surface area is 176 Å². The van der Waals surface area contributed by atoms with Gasteiger partial charge in [-0.3, -0.25) is 4.79 Å². The van der Waals surface area contributed by atoms with E-state index in [0.29, 0.717) is 24.4 Å². The predicted octanol–water partition coefficient (Wildman–Crippen LogP) is 2.24. The Balaban J connectivity index is 1.64. The van der Waals surface area contributed by atoms with Crippen LogP contribution in [-0.2, 0) is 9.53 Å². The molecule has 0 radical (unpaired) electrons. The van der Waals surface area contributed by atoms with Gasteiger partial charge in [0.25, 0.3) is 5.91 Å². The minimum absolute atomic E-state index is 0.0618. The highest BCUT2D eigenvalue weighted by molar-refractivity contribution is 5.93. The first-order valence-electron chi connectivity index (χ1n) is 10.2. The van der Waals surface area contributed by atoms with Gasteiger partial charge in [0.1, 0.15) is 17.5 Å². The van der Waals surface area contributed by atoms with Gasteiger partial charge in [-0.1, -0.05) is 0 Å². The van der Waals surface area contributed by atoms with Crippen LogP contribution in [0.1, 0.15) is 41.7 Å². The van der Waals surface area contributed by atoms with Crippen molar-refractivity contribution in [1.29, 1.82) is 0 Å². The maximum Gasteiger partial charge on any atom is 0.338 e. The number of methoxy groups -OCH3 is 2. The first-order valence-corrected chi connectivity index (χ1v) is 10.2. The monoisotopic (exact) mass is 413 g/mol. The van der Waals surface area contributed by atoms with E-state index in [2.05, 4.69) is 5.32 Å². The van der Waals surface area contributed by atoms with Gasteiger partial charge in [-0.15, -0.1) is 0 Å². The lowest BCUT2D eigenvalue weighted by molar-refractivity contribution is -0.910. The van der Waals surface area contributed by atoms with Crippen LogP contribution in [0.2, 0.25) is 0 Å². The molecule has 1 unspecified atom stereocenters. The summed E-state index contributed by atoms with van der Waals surface area (Å²) in [5, 5.41) is 2.92. The lowest BCUT2D eigenvalue weighted by atomic mass is 10.0. The van der Waals surface area contributed by atoms with Crippen molar-refractivity contribution < 1.29 is 28.7 Å². The van der Waals surface area contributed by atoms with Crippen LogP contribution in [0.25, 0.3) is 0 Å². The number of hydrogen-bond acceptors (Lipinski definition) is 5. The van der Waals surface area contributed by atoms with Crippen LogP contribution in [0.15, 0.2) is 42.5 Å². The molecule has 1 amide bonds. The molecular weight excluding hydrogens is 384 g/mol. The number of benzene rings is 2. The molecule has 1 saturated heterocycles. The molecule has 2 atom stereocenters. The van der Waals surface area contributed by atoms with Crippen LogP contribution in [0.5, 0.6) is 11.5 Å². The third kappa shape index (κ3) is 5.10. The summed E-state index contributed by atoms with van der Waals surface area (Å²) in [4.78, 5) is 25.6. The molecule has 1 fully saturated rings. The third-order valence-electron chi connectivity index (χ3n) is 5.37. The molecule has 0 saturated carbocycles. The van der Waals surface area contributed by atoms with E-state index in [-0.39, 0.29) is 17.9 Å². The lowest BCUT2D eigenvalue weighted by Crippen LogP contribution is -3.11. The number of hydrogen-bond donors (Lipinski definition) is 2. The standard InChI is InChI=1S/C23H28N2O5/c1-4-30-23(27)16-7-9-17(10-8-16)24-22(26)15-25-13-5-6-20(25)19-12-11-18(28-2)14-21(19)29-3/h7-12,14,20H,4-6,13,15H2,1-3H3,(H,24,26)/p+1/t20-/m0/s1. The van der Waals surface area contributed by atoms with E-state index >= 15 is 0 Å². The molecule has 1 aliphatic heterocycles. The van der Waals surface area contributed by atoms with E-state index in [1.807, 2.05) is 18.2 Å². The number of rotatable bonds is 8. The third-order valence-corrected chi connectivity index (χ3v) is 5.37. The average molecular weight is 413 g/mol. The normalized spacial score (nSPS) is 18.0. The van der Waals surface area contributed by atoms with Crippen LogP contribution >= 0.6 is 0 Å². The highest BCUT2D eigenvalue weighted by Gasteiger charge is 2.33. The molecule has 1 heterocycles. The van der Waals surface area contributed by atoms with Gasteiger partial charge in [-0.25, -0.2) is 4.79 Å². The summed E-state index contributed by atoms with van der Waals surface area (Å²) in [7, 11) is 3.28. The molecule has 7 nitrogen and oxygen atoms in total. The Morgan fingerprint density at radius 3 is 2.53 bits per heavy atom. The van der Waals surface area contributed by atoms with Crippen molar-refractivity contribution >= 4 is 17.6 Å². The summed E-state index contributed by atoms with van der Waals surface area (Å²) >= 11 is 0. The Morgan fingerprint density at radius 2 is 1.87 bits per heavy atom. The number of carbonyl (C=O) groups is 2. The molecule has 0 aliphatic carbocycles. The van der Waals surface area contributed by atoms with E-state index in [1.54, 1.807) is 45.4 Å². The SMILES string of the molecule is CCOC(=O)c1ccc(NC(=O)C[NH+]2CCC[C@H]2c2ccc(OC)cc2OC)cc1. The second-order valence-electron chi connectivity index (χ2n) is 7.23. The molecule has 3 rings (SSSR count). The first-order chi connectivity index (χ1) is 14.5. The predicted molar refractivity (Wildman–Crippen MR) is 113 cm³/mol. The fraction of sp³-hybridized carbons (Fsp3) is 0.391. The zero-order chi connectivity index (χ0) is 21.5. The van der Waals surface area contributed by atoms with Crippen LogP contribution < -0.4 is 19.7 Å². The number of quaternary nitrogens is 1. The molecule has 0 bridgehead atoms. The van der Waals surface area contributed by atoms with E-state index in [1.165, 1.54) is 4.90 Å². The summed E-state index contributed by atoms with van der Waals surface area (Å²) < 4.78 is 15.8. The minimum atomic E-state index is -0.367. The number of nitrogens with one attached hydrogen (secondary N) is 2. The summed E-state index contributed by atoms with van der Waals surface area (Å²) in [5.74, 6) is 1.11. The van der Waals surface area contributed by atoms with Crippen LogP contribution in [0, 0.1) is 0 Å². The molecule has 2 aromatic carbocycles. The van der Waals surface area contributed by atoms with Crippen molar-refractivity contribution in [3.8, 4) is 11.5 Å². The van der Waals surface area contributed by atoms with Gasteiger partial charge in [0, 0.05) is 24.6 Å². The van der Waals surface area contributed by atoms with Gasteiger partial charge in [-0.05, 0) is 43.3 Å². The molecule has 0 aromatic heterocycles. The van der Waals surface area contributed by atoms with Gasteiger partial charge < -0.3 is 24.4 Å². The first kappa shape index (κ1) is 21.6. The number of ether oxygens (including phenoxy) is 3. The number of anilines is 1. The van der Waals surface area contributed by atoms with E-state index in [0.717, 1.165) is 36.4 Å². The Morgan fingerprint density at radius 1 is 1.10 bits per heavy atom. The lowest BCUT2D eigenvalue weighted by Gasteiger charge is -2.23. The Bertz CT molecular complexity index is 882. The molecule has 1 aliphatic rings. The van der Waals surface area contributed by atoms with Gasteiger partial charge in [0.05, 0.1) is 38.5 Å². The number of carbonyl (C=O) groups excluding carboxylic acids is 2. The van der Waals surface area contributed by atoms with Crippen LogP contribution in [0.4, 0.5) is 5.69 Å². The summed E-state index contributed by atoms with van der Waals surface area (Å²) in [6, 6.07) is 12.8. The van der Waals surface area contributed by atoms with Crippen LogP contribution in [-0.4, -0.2) is 45.8 Å². The van der Waals surface area contributed by atoms with E-state index in [9.17, 15) is 9.59 Å². The van der Waals surface area contributed by atoms with Crippen molar-refractivity contribution in [2.24, 2.45) is 0 Å². The van der Waals surface area contributed by atoms with Gasteiger partial charge in [0.2, 0.25) is 0 Å². The summed E-state index contributed by atoms with van der Waals surface area (Å²) in [5.41, 5.74) is 2.22.